The van der Waals surface area contributed by atoms with Crippen LogP contribution in [0.4, 0.5) is 4.39 Å². The predicted molar refractivity (Wildman–Crippen MR) is 68.6 cm³/mol. The fraction of sp³-hybridized carbons (Fsp3) is 0.250. The van der Waals surface area contributed by atoms with E-state index in [0.29, 0.717) is 10.9 Å². The van der Waals surface area contributed by atoms with Crippen molar-refractivity contribution in [3.63, 3.8) is 0 Å². The smallest absolute Gasteiger partial charge is 0.270 e. The van der Waals surface area contributed by atoms with E-state index < -0.39 is 11.7 Å². The first-order valence-electron chi connectivity index (χ1n) is 5.26. The van der Waals surface area contributed by atoms with Crippen molar-refractivity contribution >= 4 is 32.7 Å². The second kappa shape index (κ2) is 4.49. The molecular weight excluding hydrogens is 287 g/mol. The number of nitrogens with one attached hydrogen (secondary N) is 2. The molecule has 1 aromatic carbocycles. The van der Waals surface area contributed by atoms with E-state index in [0.717, 1.165) is 4.47 Å². The summed E-state index contributed by atoms with van der Waals surface area (Å²) in [7, 11) is 0. The van der Waals surface area contributed by atoms with Crippen LogP contribution in [0.5, 0.6) is 0 Å². The van der Waals surface area contributed by atoms with E-state index in [1.807, 2.05) is 13.8 Å². The lowest BCUT2D eigenvalue weighted by Gasteiger charge is -2.06. The molecule has 1 aromatic heterocycles. The quantitative estimate of drug-likeness (QED) is 0.878. The number of carbonyl (C=O) groups is 1. The molecule has 0 radical (unpaired) electrons. The third-order valence-electron chi connectivity index (χ3n) is 2.34. The molecule has 0 aliphatic rings. The van der Waals surface area contributed by atoms with Crippen LogP contribution in [0.1, 0.15) is 24.3 Å². The molecule has 0 spiro atoms. The van der Waals surface area contributed by atoms with E-state index >= 15 is 0 Å². The Bertz CT molecular complexity index is 577. The molecule has 3 nitrogen and oxygen atoms in total. The lowest BCUT2D eigenvalue weighted by atomic mass is 10.2. The summed E-state index contributed by atoms with van der Waals surface area (Å²) in [5.74, 6) is -0.935. The molecule has 0 aliphatic heterocycles. The number of fused-ring (bicyclic) bond motifs is 1. The summed E-state index contributed by atoms with van der Waals surface area (Å²) < 4.78 is 14.8. The Balaban J connectivity index is 2.48. The van der Waals surface area contributed by atoms with Crippen LogP contribution in [0, 0.1) is 5.82 Å². The molecule has 0 saturated carbocycles. The average molecular weight is 299 g/mol. The van der Waals surface area contributed by atoms with Crippen LogP contribution in [-0.4, -0.2) is 16.9 Å². The maximum Gasteiger partial charge on any atom is 0.270 e. The maximum absolute atomic E-state index is 14.0. The number of carbonyl (C=O) groups excluding carboxylic acids is 1. The van der Waals surface area contributed by atoms with Crippen LogP contribution in [0.2, 0.25) is 0 Å². The number of hydrogen-bond acceptors (Lipinski definition) is 1. The summed E-state index contributed by atoms with van der Waals surface area (Å²) in [6.07, 6.45) is 0. The number of rotatable bonds is 2. The normalized spacial score (nSPS) is 11.1. The Morgan fingerprint density at radius 2 is 2.18 bits per heavy atom. The minimum atomic E-state index is -0.509. The third kappa shape index (κ3) is 2.34. The van der Waals surface area contributed by atoms with Crippen molar-refractivity contribution in [1.29, 1.82) is 0 Å². The fourth-order valence-corrected chi connectivity index (χ4v) is 1.99. The van der Waals surface area contributed by atoms with E-state index in [4.69, 9.17) is 0 Å². The SMILES string of the molecule is CC(C)NC(=O)c1[nH]c2cc(Br)ccc2c1F. The Hall–Kier alpha value is -1.36. The van der Waals surface area contributed by atoms with Gasteiger partial charge >= 0.3 is 0 Å². The summed E-state index contributed by atoms with van der Waals surface area (Å²) in [5, 5.41) is 3.07. The molecule has 0 aliphatic carbocycles. The topological polar surface area (TPSA) is 44.9 Å². The average Bonchev–Trinajstić information content (AvgIpc) is 2.54. The molecular formula is C12H12BrFN2O. The van der Waals surface area contributed by atoms with Crippen LogP contribution in [0.3, 0.4) is 0 Å². The van der Waals surface area contributed by atoms with Crippen LogP contribution in [0.25, 0.3) is 10.9 Å². The van der Waals surface area contributed by atoms with Crippen molar-refractivity contribution in [3.05, 3.63) is 34.2 Å². The van der Waals surface area contributed by atoms with Crippen molar-refractivity contribution in [3.8, 4) is 0 Å². The minimum Gasteiger partial charge on any atom is -0.349 e. The summed E-state index contributed by atoms with van der Waals surface area (Å²) in [4.78, 5) is 14.5. The summed E-state index contributed by atoms with van der Waals surface area (Å²) in [5.41, 5.74) is 0.581. The van der Waals surface area contributed by atoms with Gasteiger partial charge < -0.3 is 10.3 Å². The molecule has 1 heterocycles. The van der Waals surface area contributed by atoms with Crippen LogP contribution < -0.4 is 5.32 Å². The zero-order valence-corrected chi connectivity index (χ0v) is 11.1. The van der Waals surface area contributed by atoms with Gasteiger partial charge in [0.05, 0.1) is 5.52 Å². The molecule has 0 bridgehead atoms. The Kier molecular flexibility index (Phi) is 3.19. The van der Waals surface area contributed by atoms with E-state index in [9.17, 15) is 9.18 Å². The van der Waals surface area contributed by atoms with Gasteiger partial charge in [0.25, 0.3) is 5.91 Å². The highest BCUT2D eigenvalue weighted by atomic mass is 79.9. The highest BCUT2D eigenvalue weighted by Gasteiger charge is 2.18. The van der Waals surface area contributed by atoms with E-state index in [1.54, 1.807) is 18.2 Å². The van der Waals surface area contributed by atoms with Gasteiger partial charge in [-0.15, -0.1) is 0 Å². The lowest BCUT2D eigenvalue weighted by Crippen LogP contribution is -2.30. The largest absolute Gasteiger partial charge is 0.349 e. The Morgan fingerprint density at radius 3 is 2.82 bits per heavy atom. The minimum absolute atomic E-state index is 0.0215. The van der Waals surface area contributed by atoms with E-state index in [1.165, 1.54) is 0 Å². The third-order valence-corrected chi connectivity index (χ3v) is 2.84. The molecule has 17 heavy (non-hydrogen) atoms. The monoisotopic (exact) mass is 298 g/mol. The fourth-order valence-electron chi connectivity index (χ4n) is 1.63. The van der Waals surface area contributed by atoms with Gasteiger partial charge in [-0.3, -0.25) is 4.79 Å². The molecule has 2 rings (SSSR count). The molecule has 0 fully saturated rings. The van der Waals surface area contributed by atoms with Gasteiger partial charge in [0.2, 0.25) is 0 Å². The molecule has 0 unspecified atom stereocenters. The molecule has 90 valence electrons. The zero-order valence-electron chi connectivity index (χ0n) is 9.47. The van der Waals surface area contributed by atoms with Crippen LogP contribution in [-0.2, 0) is 0 Å². The summed E-state index contributed by atoms with van der Waals surface area (Å²) in [6, 6.07) is 5.09. The standard InChI is InChI=1S/C12H12BrFN2O/c1-6(2)15-12(17)11-10(14)8-4-3-7(13)5-9(8)16-11/h3-6,16H,1-2H3,(H,15,17). The number of H-pyrrole nitrogens is 1. The second-order valence-electron chi connectivity index (χ2n) is 4.13. The van der Waals surface area contributed by atoms with Gasteiger partial charge in [-0.1, -0.05) is 15.9 Å². The van der Waals surface area contributed by atoms with E-state index in [2.05, 4.69) is 26.2 Å². The van der Waals surface area contributed by atoms with Crippen molar-refractivity contribution in [2.45, 2.75) is 19.9 Å². The molecule has 5 heteroatoms. The number of amides is 1. The van der Waals surface area contributed by atoms with E-state index in [-0.39, 0.29) is 11.7 Å². The van der Waals surface area contributed by atoms with Crippen molar-refractivity contribution in [2.75, 3.05) is 0 Å². The first-order valence-corrected chi connectivity index (χ1v) is 6.06. The molecule has 2 N–H and O–H groups in total. The molecule has 2 aromatic rings. The van der Waals surface area contributed by atoms with Gasteiger partial charge in [0.1, 0.15) is 5.69 Å². The van der Waals surface area contributed by atoms with Gasteiger partial charge in [-0.25, -0.2) is 4.39 Å². The van der Waals surface area contributed by atoms with Crippen molar-refractivity contribution < 1.29 is 9.18 Å². The molecule has 1 amide bonds. The Morgan fingerprint density at radius 1 is 1.47 bits per heavy atom. The predicted octanol–water partition coefficient (Wildman–Crippen LogP) is 3.21. The van der Waals surface area contributed by atoms with Gasteiger partial charge in [-0.2, -0.15) is 0 Å². The van der Waals surface area contributed by atoms with Crippen LogP contribution >= 0.6 is 15.9 Å². The van der Waals surface area contributed by atoms with Gasteiger partial charge in [-0.05, 0) is 32.0 Å². The van der Waals surface area contributed by atoms with Crippen molar-refractivity contribution in [1.82, 2.24) is 10.3 Å². The number of aromatic amines is 1. The number of hydrogen-bond donors (Lipinski definition) is 2. The number of benzene rings is 1. The molecule has 0 saturated heterocycles. The highest BCUT2D eigenvalue weighted by Crippen LogP contribution is 2.24. The lowest BCUT2D eigenvalue weighted by molar-refractivity contribution is 0.0935. The first-order chi connectivity index (χ1) is 7.99. The first kappa shape index (κ1) is 12.1. The second-order valence-corrected chi connectivity index (χ2v) is 5.05. The zero-order chi connectivity index (χ0) is 12.6. The maximum atomic E-state index is 14.0. The highest BCUT2D eigenvalue weighted by molar-refractivity contribution is 9.10. The van der Waals surface area contributed by atoms with Crippen molar-refractivity contribution in [2.24, 2.45) is 0 Å². The molecule has 0 atom stereocenters. The van der Waals surface area contributed by atoms with Crippen LogP contribution in [0.15, 0.2) is 22.7 Å². The number of aromatic nitrogens is 1. The summed E-state index contributed by atoms with van der Waals surface area (Å²) in [6.45, 7) is 3.66. The number of halogens is 2. The Labute approximate surface area is 107 Å². The van der Waals surface area contributed by atoms with Gasteiger partial charge in [0, 0.05) is 15.9 Å². The van der Waals surface area contributed by atoms with Gasteiger partial charge in [0.15, 0.2) is 5.82 Å². The summed E-state index contributed by atoms with van der Waals surface area (Å²) >= 11 is 3.30.